The van der Waals surface area contributed by atoms with E-state index in [2.05, 4.69) is 53.7 Å². The summed E-state index contributed by atoms with van der Waals surface area (Å²) in [7, 11) is 0. The van der Waals surface area contributed by atoms with Gasteiger partial charge in [0.1, 0.15) is 0 Å². The standard InChI is InChI=1S/C42H67NO2S3/c1-7-10-13-15-17-18-19-20-21-22-23-26-28-32-31-34(33(46)29-25-12-9-3)47-37(32)38-35-36(39(48-38)42(4,5)6)41(45)43(40(35)44)30-27-24-16-14-11-8-2/h29,31,46H,7-28,30H2,1-6H3/b33-29-. The maximum absolute atomic E-state index is 14.1. The van der Waals surface area contributed by atoms with E-state index in [1.807, 2.05) is 0 Å². The van der Waals surface area contributed by atoms with Gasteiger partial charge in [-0.3, -0.25) is 14.5 Å². The molecule has 0 spiro atoms. The maximum Gasteiger partial charge on any atom is 0.263 e. The van der Waals surface area contributed by atoms with Gasteiger partial charge in [-0.1, -0.05) is 163 Å². The first-order valence-corrected chi connectivity index (χ1v) is 21.8. The van der Waals surface area contributed by atoms with Gasteiger partial charge in [0.15, 0.2) is 0 Å². The number of hydrogen-bond acceptors (Lipinski definition) is 5. The van der Waals surface area contributed by atoms with Crippen molar-refractivity contribution in [1.29, 1.82) is 0 Å². The molecule has 3 heterocycles. The molecular formula is C42H67NO2S3. The summed E-state index contributed by atoms with van der Waals surface area (Å²) in [6, 6.07) is 2.33. The van der Waals surface area contributed by atoms with Gasteiger partial charge < -0.3 is 0 Å². The second kappa shape index (κ2) is 21.8. The van der Waals surface area contributed by atoms with Gasteiger partial charge in [0.05, 0.1) is 16.0 Å². The molecule has 0 atom stereocenters. The van der Waals surface area contributed by atoms with Crippen LogP contribution in [0.3, 0.4) is 0 Å². The van der Waals surface area contributed by atoms with Crippen LogP contribution in [0, 0.1) is 0 Å². The molecule has 0 bridgehead atoms. The Morgan fingerprint density at radius 1 is 0.667 bits per heavy atom. The topological polar surface area (TPSA) is 37.4 Å². The maximum atomic E-state index is 14.1. The molecule has 6 heteroatoms. The van der Waals surface area contributed by atoms with Crippen molar-refractivity contribution in [3.63, 3.8) is 0 Å². The Kier molecular flexibility index (Phi) is 18.6. The Hall–Kier alpha value is -1.37. The number of nitrogens with zero attached hydrogens (tertiary/aromatic N) is 1. The minimum absolute atomic E-state index is 0.0791. The van der Waals surface area contributed by atoms with Crippen LogP contribution in [0.5, 0.6) is 0 Å². The van der Waals surface area contributed by atoms with E-state index in [1.165, 1.54) is 118 Å². The molecule has 2 amide bonds. The molecule has 0 aliphatic carbocycles. The quantitative estimate of drug-likeness (QED) is 0.0632. The number of amides is 2. The third kappa shape index (κ3) is 12.1. The molecule has 0 fully saturated rings. The lowest BCUT2D eigenvalue weighted by molar-refractivity contribution is 0.0650. The third-order valence-corrected chi connectivity index (χ3v) is 13.3. The largest absolute Gasteiger partial charge is 0.274 e. The van der Waals surface area contributed by atoms with Crippen molar-refractivity contribution in [2.45, 2.75) is 188 Å². The zero-order chi connectivity index (χ0) is 34.9. The normalized spacial score (nSPS) is 13.7. The van der Waals surface area contributed by atoms with Gasteiger partial charge in [0.25, 0.3) is 11.8 Å². The molecule has 48 heavy (non-hydrogen) atoms. The summed E-state index contributed by atoms with van der Waals surface area (Å²) in [5.41, 5.74) is 2.44. The minimum Gasteiger partial charge on any atom is -0.274 e. The number of unbranched alkanes of at least 4 members (excludes halogenated alkanes) is 18. The predicted molar refractivity (Wildman–Crippen MR) is 216 cm³/mol. The highest BCUT2D eigenvalue weighted by molar-refractivity contribution is 7.90. The van der Waals surface area contributed by atoms with Gasteiger partial charge in [0.2, 0.25) is 0 Å². The number of rotatable bonds is 25. The highest BCUT2D eigenvalue weighted by atomic mass is 32.1. The predicted octanol–water partition coefficient (Wildman–Crippen LogP) is 14.4. The van der Waals surface area contributed by atoms with Crippen LogP contribution in [0.4, 0.5) is 0 Å². The van der Waals surface area contributed by atoms with Crippen LogP contribution in [0.25, 0.3) is 14.7 Å². The molecule has 0 aromatic carbocycles. The number of carbonyl (C=O) groups is 2. The number of thiol groups is 1. The van der Waals surface area contributed by atoms with Gasteiger partial charge in [-0.05, 0) is 42.7 Å². The molecule has 0 radical (unpaired) electrons. The highest BCUT2D eigenvalue weighted by Crippen LogP contribution is 2.50. The van der Waals surface area contributed by atoms with Crippen molar-refractivity contribution in [3.05, 3.63) is 38.6 Å². The van der Waals surface area contributed by atoms with Crippen LogP contribution < -0.4 is 0 Å². The summed E-state index contributed by atoms with van der Waals surface area (Å²) in [5.74, 6) is -0.161. The average Bonchev–Trinajstić information content (AvgIpc) is 3.73. The van der Waals surface area contributed by atoms with Gasteiger partial charge in [-0.15, -0.1) is 35.3 Å². The first-order valence-electron chi connectivity index (χ1n) is 19.7. The van der Waals surface area contributed by atoms with E-state index in [1.54, 1.807) is 27.6 Å². The molecule has 2 aromatic heterocycles. The fraction of sp³-hybridized carbons (Fsp3) is 0.714. The zero-order valence-corrected chi connectivity index (χ0v) is 34.0. The molecule has 1 aliphatic rings. The lowest BCUT2D eigenvalue weighted by Gasteiger charge is -2.19. The van der Waals surface area contributed by atoms with Crippen molar-refractivity contribution in [2.24, 2.45) is 0 Å². The van der Waals surface area contributed by atoms with E-state index in [9.17, 15) is 9.59 Å². The van der Waals surface area contributed by atoms with E-state index >= 15 is 0 Å². The monoisotopic (exact) mass is 713 g/mol. The number of fused-ring (bicyclic) bond motifs is 1. The fourth-order valence-corrected chi connectivity index (χ4v) is 9.77. The molecule has 2 aromatic rings. The van der Waals surface area contributed by atoms with Gasteiger partial charge >= 0.3 is 0 Å². The molecule has 0 saturated carbocycles. The first-order chi connectivity index (χ1) is 23.1. The van der Waals surface area contributed by atoms with Crippen molar-refractivity contribution < 1.29 is 9.59 Å². The van der Waals surface area contributed by atoms with Gasteiger partial charge in [-0.25, -0.2) is 0 Å². The molecule has 0 unspecified atom stereocenters. The van der Waals surface area contributed by atoms with Gasteiger partial charge in [-0.2, -0.15) is 0 Å². The summed E-state index contributed by atoms with van der Waals surface area (Å²) in [6.07, 6.45) is 29.5. The smallest absolute Gasteiger partial charge is 0.263 e. The molecule has 0 saturated heterocycles. The Labute approximate surface area is 308 Å². The van der Waals surface area contributed by atoms with Crippen LogP contribution in [-0.2, 0) is 11.8 Å². The van der Waals surface area contributed by atoms with E-state index in [0.717, 1.165) is 53.2 Å². The van der Waals surface area contributed by atoms with Gasteiger partial charge in [0, 0.05) is 26.1 Å². The molecular weight excluding hydrogens is 647 g/mol. The summed E-state index contributed by atoms with van der Waals surface area (Å²) in [6.45, 7) is 13.8. The number of thiophene rings is 2. The number of hydrogen-bond donors (Lipinski definition) is 1. The second-order valence-corrected chi connectivity index (χ2v) is 17.7. The van der Waals surface area contributed by atoms with E-state index < -0.39 is 0 Å². The molecule has 0 N–H and O–H groups in total. The molecule has 1 aliphatic heterocycles. The van der Waals surface area contributed by atoms with Crippen LogP contribution >= 0.6 is 35.3 Å². The Balaban J connectivity index is 1.78. The number of carbonyl (C=O) groups excluding carboxylic acids is 2. The number of allylic oxidation sites excluding steroid dienone is 1. The van der Waals surface area contributed by atoms with Crippen molar-refractivity contribution in [1.82, 2.24) is 4.90 Å². The third-order valence-electron chi connectivity index (χ3n) is 9.71. The Morgan fingerprint density at radius 2 is 1.17 bits per heavy atom. The Bertz CT molecular complexity index is 1290. The van der Waals surface area contributed by atoms with Crippen LogP contribution in [0.15, 0.2) is 12.1 Å². The highest BCUT2D eigenvalue weighted by Gasteiger charge is 2.44. The summed E-state index contributed by atoms with van der Waals surface area (Å²) < 4.78 is 0. The molecule has 270 valence electrons. The SMILES string of the molecule is CCCC/C=C(\S)c1cc(CCCCCCCCCCCCCC)c(-c2sc(C(C)(C)C)c3c2C(=O)N(CCCCCCCC)C3=O)s1. The van der Waals surface area contributed by atoms with E-state index in [0.29, 0.717) is 17.7 Å². The summed E-state index contributed by atoms with van der Waals surface area (Å²) >= 11 is 8.41. The number of aryl methyl sites for hydroxylation is 1. The van der Waals surface area contributed by atoms with E-state index in [-0.39, 0.29) is 17.2 Å². The fourth-order valence-electron chi connectivity index (χ4n) is 6.78. The van der Waals surface area contributed by atoms with Crippen LogP contribution in [0.2, 0.25) is 0 Å². The second-order valence-electron chi connectivity index (χ2n) is 15.1. The minimum atomic E-state index is -0.219. The lowest BCUT2D eigenvalue weighted by Crippen LogP contribution is -2.31. The zero-order valence-electron chi connectivity index (χ0n) is 31.4. The van der Waals surface area contributed by atoms with E-state index in [4.69, 9.17) is 12.6 Å². The van der Waals surface area contributed by atoms with Crippen molar-refractivity contribution in [3.8, 4) is 9.75 Å². The number of imide groups is 1. The first kappa shape index (κ1) is 41.1. The summed E-state index contributed by atoms with van der Waals surface area (Å²) in [4.78, 5) is 35.0. The van der Waals surface area contributed by atoms with Crippen LogP contribution in [-0.4, -0.2) is 23.3 Å². The Morgan fingerprint density at radius 3 is 1.71 bits per heavy atom. The lowest BCUT2D eigenvalue weighted by atomic mass is 9.90. The molecule has 3 rings (SSSR count). The average molecular weight is 714 g/mol. The van der Waals surface area contributed by atoms with Crippen molar-refractivity contribution in [2.75, 3.05) is 6.54 Å². The van der Waals surface area contributed by atoms with Crippen molar-refractivity contribution >= 4 is 52.0 Å². The molecule has 3 nitrogen and oxygen atoms in total. The van der Waals surface area contributed by atoms with Crippen LogP contribution in [0.1, 0.15) is 212 Å². The summed E-state index contributed by atoms with van der Waals surface area (Å²) in [5, 5.41) is 0.